The fraction of sp³-hybridized carbons (Fsp3) is 0.444. The standard InChI is InChI=1S/C18H23FN4O3S/c1-18(2,17(25)26-3)11-20-8-6-15-23-14(10-27-15)16(24)22-9-13-12(19)5-4-7-21-13/h4-5,7,10,20H,6,8-9,11H2,1-3H3,(H,22,24). The number of esters is 1. The van der Waals surface area contributed by atoms with Gasteiger partial charge in [0.2, 0.25) is 0 Å². The largest absolute Gasteiger partial charge is 0.469 e. The highest BCUT2D eigenvalue weighted by atomic mass is 32.1. The molecular formula is C18H23FN4O3S. The lowest BCUT2D eigenvalue weighted by Gasteiger charge is -2.21. The number of rotatable bonds is 9. The molecule has 2 aromatic rings. The highest BCUT2D eigenvalue weighted by molar-refractivity contribution is 7.09. The summed E-state index contributed by atoms with van der Waals surface area (Å²) >= 11 is 1.38. The van der Waals surface area contributed by atoms with Crippen LogP contribution < -0.4 is 10.6 Å². The summed E-state index contributed by atoms with van der Waals surface area (Å²) in [6, 6.07) is 2.79. The number of thiazole rings is 1. The topological polar surface area (TPSA) is 93.2 Å². The first-order chi connectivity index (χ1) is 12.8. The minimum absolute atomic E-state index is 0.00251. The molecule has 0 saturated heterocycles. The lowest BCUT2D eigenvalue weighted by atomic mass is 9.94. The summed E-state index contributed by atoms with van der Waals surface area (Å²) in [7, 11) is 1.37. The van der Waals surface area contributed by atoms with E-state index in [4.69, 9.17) is 4.74 Å². The molecule has 0 spiro atoms. The number of aromatic nitrogens is 2. The minimum atomic E-state index is -0.608. The van der Waals surface area contributed by atoms with Gasteiger partial charge < -0.3 is 15.4 Å². The Morgan fingerprint density at radius 1 is 1.37 bits per heavy atom. The Balaban J connectivity index is 1.78. The summed E-state index contributed by atoms with van der Waals surface area (Å²) in [6.45, 7) is 4.72. The first kappa shape index (κ1) is 20.9. The van der Waals surface area contributed by atoms with Gasteiger partial charge in [-0.25, -0.2) is 9.37 Å². The maximum atomic E-state index is 13.5. The van der Waals surface area contributed by atoms with Crippen LogP contribution in [0.2, 0.25) is 0 Å². The number of halogens is 1. The molecule has 0 atom stereocenters. The minimum Gasteiger partial charge on any atom is -0.469 e. The van der Waals surface area contributed by atoms with Gasteiger partial charge in [-0.15, -0.1) is 11.3 Å². The normalized spacial score (nSPS) is 11.3. The van der Waals surface area contributed by atoms with Crippen LogP contribution in [0.25, 0.3) is 0 Å². The van der Waals surface area contributed by atoms with Gasteiger partial charge in [0, 0.05) is 31.1 Å². The van der Waals surface area contributed by atoms with Crippen LogP contribution in [0.5, 0.6) is 0 Å². The molecule has 146 valence electrons. The van der Waals surface area contributed by atoms with Gasteiger partial charge in [-0.1, -0.05) is 0 Å². The molecule has 27 heavy (non-hydrogen) atoms. The average Bonchev–Trinajstić information content (AvgIpc) is 3.12. The zero-order valence-corrected chi connectivity index (χ0v) is 16.4. The van der Waals surface area contributed by atoms with E-state index in [1.165, 1.54) is 36.8 Å². The molecule has 0 fully saturated rings. The predicted molar refractivity (Wildman–Crippen MR) is 99.8 cm³/mol. The molecule has 2 aromatic heterocycles. The van der Waals surface area contributed by atoms with E-state index in [0.717, 1.165) is 5.01 Å². The Hall–Kier alpha value is -2.39. The van der Waals surface area contributed by atoms with Gasteiger partial charge in [-0.2, -0.15) is 0 Å². The predicted octanol–water partition coefficient (Wildman–Crippen LogP) is 1.94. The molecule has 7 nitrogen and oxygen atoms in total. The Bertz CT molecular complexity index is 794. The van der Waals surface area contributed by atoms with Crippen LogP contribution in [-0.4, -0.2) is 42.0 Å². The van der Waals surface area contributed by atoms with Crippen molar-refractivity contribution in [2.75, 3.05) is 20.2 Å². The number of amides is 1. The molecule has 0 bridgehead atoms. The van der Waals surface area contributed by atoms with Gasteiger partial charge in [0.1, 0.15) is 11.5 Å². The van der Waals surface area contributed by atoms with Crippen molar-refractivity contribution in [1.82, 2.24) is 20.6 Å². The molecule has 0 radical (unpaired) electrons. The Morgan fingerprint density at radius 3 is 2.85 bits per heavy atom. The van der Waals surface area contributed by atoms with E-state index in [1.807, 2.05) is 13.8 Å². The highest BCUT2D eigenvalue weighted by Gasteiger charge is 2.27. The zero-order chi connectivity index (χ0) is 19.9. The second-order valence-electron chi connectivity index (χ2n) is 6.54. The number of hydrogen-bond acceptors (Lipinski definition) is 7. The van der Waals surface area contributed by atoms with Crippen molar-refractivity contribution in [1.29, 1.82) is 0 Å². The molecule has 0 aliphatic rings. The summed E-state index contributed by atoms with van der Waals surface area (Å²) in [4.78, 5) is 31.9. The molecule has 0 aliphatic carbocycles. The van der Waals surface area contributed by atoms with Crippen molar-refractivity contribution in [3.05, 3.63) is 45.9 Å². The monoisotopic (exact) mass is 394 g/mol. The summed E-state index contributed by atoms with van der Waals surface area (Å²) < 4.78 is 18.3. The average molecular weight is 394 g/mol. The fourth-order valence-corrected chi connectivity index (χ4v) is 3.06. The van der Waals surface area contributed by atoms with Crippen molar-refractivity contribution in [2.24, 2.45) is 5.41 Å². The van der Waals surface area contributed by atoms with Gasteiger partial charge in [0.15, 0.2) is 0 Å². The first-order valence-electron chi connectivity index (χ1n) is 8.44. The number of ether oxygens (including phenoxy) is 1. The van der Waals surface area contributed by atoms with E-state index in [1.54, 1.807) is 5.38 Å². The third-order valence-corrected chi connectivity index (χ3v) is 4.76. The van der Waals surface area contributed by atoms with Crippen LogP contribution in [0, 0.1) is 11.2 Å². The first-order valence-corrected chi connectivity index (χ1v) is 9.32. The van der Waals surface area contributed by atoms with Gasteiger partial charge in [-0.3, -0.25) is 14.6 Å². The molecule has 9 heteroatoms. The van der Waals surface area contributed by atoms with Gasteiger partial charge >= 0.3 is 5.97 Å². The maximum absolute atomic E-state index is 13.5. The van der Waals surface area contributed by atoms with E-state index in [9.17, 15) is 14.0 Å². The quantitative estimate of drug-likeness (QED) is 0.499. The number of carbonyl (C=O) groups excluding carboxylic acids is 2. The van der Waals surface area contributed by atoms with Crippen molar-refractivity contribution in [2.45, 2.75) is 26.8 Å². The molecule has 2 N–H and O–H groups in total. The lowest BCUT2D eigenvalue weighted by molar-refractivity contribution is -0.150. The van der Waals surface area contributed by atoms with Gasteiger partial charge in [0.25, 0.3) is 5.91 Å². The molecule has 0 aromatic carbocycles. The van der Waals surface area contributed by atoms with E-state index in [0.29, 0.717) is 25.2 Å². The SMILES string of the molecule is COC(=O)C(C)(C)CNCCc1nc(C(=O)NCc2ncccc2F)cs1. The molecule has 0 aliphatic heterocycles. The summed E-state index contributed by atoms with van der Waals surface area (Å²) in [5.74, 6) is -1.10. The fourth-order valence-electron chi connectivity index (χ4n) is 2.28. The Morgan fingerprint density at radius 2 is 2.15 bits per heavy atom. The lowest BCUT2D eigenvalue weighted by Crippen LogP contribution is -2.37. The summed E-state index contributed by atoms with van der Waals surface area (Å²) in [5, 5.41) is 8.27. The van der Waals surface area contributed by atoms with Crippen LogP contribution in [0.4, 0.5) is 4.39 Å². The van der Waals surface area contributed by atoms with Crippen LogP contribution in [0.15, 0.2) is 23.7 Å². The zero-order valence-electron chi connectivity index (χ0n) is 15.5. The second kappa shape index (κ2) is 9.52. The van der Waals surface area contributed by atoms with E-state index in [2.05, 4.69) is 20.6 Å². The van der Waals surface area contributed by atoms with Gasteiger partial charge in [0.05, 0.1) is 29.8 Å². The molecule has 0 saturated carbocycles. The number of hydrogen-bond donors (Lipinski definition) is 2. The van der Waals surface area contributed by atoms with Crippen molar-refractivity contribution in [3.63, 3.8) is 0 Å². The molecular weight excluding hydrogens is 371 g/mol. The number of pyridine rings is 1. The van der Waals surface area contributed by atoms with Crippen LogP contribution in [0.1, 0.15) is 35.0 Å². The third kappa shape index (κ3) is 6.07. The van der Waals surface area contributed by atoms with Crippen LogP contribution >= 0.6 is 11.3 Å². The third-order valence-electron chi connectivity index (χ3n) is 3.86. The highest BCUT2D eigenvalue weighted by Crippen LogP contribution is 2.15. The van der Waals surface area contributed by atoms with Crippen LogP contribution in [-0.2, 0) is 22.5 Å². The van der Waals surface area contributed by atoms with E-state index < -0.39 is 11.2 Å². The van der Waals surface area contributed by atoms with Crippen molar-refractivity contribution in [3.8, 4) is 0 Å². The maximum Gasteiger partial charge on any atom is 0.312 e. The summed E-state index contributed by atoms with van der Waals surface area (Å²) in [5.41, 5.74) is -0.136. The number of methoxy groups -OCH3 is 1. The van der Waals surface area contributed by atoms with Crippen molar-refractivity contribution < 1.29 is 18.7 Å². The summed E-state index contributed by atoms with van der Waals surface area (Å²) in [6.07, 6.45) is 2.10. The second-order valence-corrected chi connectivity index (χ2v) is 7.49. The smallest absolute Gasteiger partial charge is 0.312 e. The Labute approximate surface area is 161 Å². The molecule has 2 heterocycles. The molecule has 1 amide bonds. The number of nitrogens with one attached hydrogen (secondary N) is 2. The van der Waals surface area contributed by atoms with Gasteiger partial charge in [-0.05, 0) is 26.0 Å². The molecule has 0 unspecified atom stereocenters. The van der Waals surface area contributed by atoms with E-state index >= 15 is 0 Å². The number of carbonyl (C=O) groups is 2. The van der Waals surface area contributed by atoms with Crippen molar-refractivity contribution >= 4 is 23.2 Å². The Kier molecular flexibility index (Phi) is 7.37. The molecule has 2 rings (SSSR count). The van der Waals surface area contributed by atoms with Crippen LogP contribution in [0.3, 0.4) is 0 Å². The number of nitrogens with zero attached hydrogens (tertiary/aromatic N) is 2. The van der Waals surface area contributed by atoms with E-state index in [-0.39, 0.29) is 24.1 Å².